The molecule has 2 atom stereocenters. The number of hydrogen-bond acceptors (Lipinski definition) is 2. The minimum absolute atomic E-state index is 0.0243. The zero-order chi connectivity index (χ0) is 19.2. The van der Waals surface area contributed by atoms with Crippen molar-refractivity contribution in [2.24, 2.45) is 0 Å². The topological polar surface area (TPSA) is 41.1 Å². The highest BCUT2D eigenvalue weighted by Crippen LogP contribution is 2.40. The summed E-state index contributed by atoms with van der Waals surface area (Å²) in [5.74, 6) is 0.543. The van der Waals surface area contributed by atoms with E-state index in [4.69, 9.17) is 0 Å². The number of carbonyl (C=O) groups is 1. The standard InChI is InChI=1S/C25H26N2O/c28-25(27-18-20-9-5-2-6-10-20)22-13-11-21(12-14-22)23-17-24(23)26-16-15-19-7-3-1-4-8-19/h1-14,23-24,26H,15-18H2,(H,27,28)/t23-,24+/m0/s1. The summed E-state index contributed by atoms with van der Waals surface area (Å²) >= 11 is 0. The molecule has 1 fully saturated rings. The second-order valence-electron chi connectivity index (χ2n) is 7.43. The van der Waals surface area contributed by atoms with Crippen molar-refractivity contribution in [3.63, 3.8) is 0 Å². The molecule has 0 spiro atoms. The van der Waals surface area contributed by atoms with Crippen molar-refractivity contribution < 1.29 is 4.79 Å². The van der Waals surface area contributed by atoms with E-state index in [0.717, 1.165) is 18.5 Å². The van der Waals surface area contributed by atoms with E-state index in [1.54, 1.807) is 0 Å². The molecule has 4 rings (SSSR count). The third kappa shape index (κ3) is 4.87. The minimum Gasteiger partial charge on any atom is -0.348 e. The Morgan fingerprint density at radius 2 is 1.46 bits per heavy atom. The maximum Gasteiger partial charge on any atom is 0.251 e. The molecule has 1 amide bonds. The van der Waals surface area contributed by atoms with E-state index in [9.17, 15) is 4.79 Å². The quantitative estimate of drug-likeness (QED) is 0.620. The van der Waals surface area contributed by atoms with E-state index in [1.807, 2.05) is 42.5 Å². The number of hydrogen-bond donors (Lipinski definition) is 2. The lowest BCUT2D eigenvalue weighted by molar-refractivity contribution is 0.0951. The Balaban J connectivity index is 1.23. The fourth-order valence-corrected chi connectivity index (χ4v) is 3.60. The first kappa shape index (κ1) is 18.5. The molecule has 3 aromatic rings. The van der Waals surface area contributed by atoms with E-state index in [1.165, 1.54) is 17.5 Å². The molecule has 3 aromatic carbocycles. The molecule has 2 N–H and O–H groups in total. The first-order valence-electron chi connectivity index (χ1n) is 9.99. The zero-order valence-corrected chi connectivity index (χ0v) is 16.0. The van der Waals surface area contributed by atoms with Gasteiger partial charge in [-0.15, -0.1) is 0 Å². The van der Waals surface area contributed by atoms with Crippen molar-refractivity contribution >= 4 is 5.91 Å². The van der Waals surface area contributed by atoms with Gasteiger partial charge in [-0.05, 0) is 48.2 Å². The number of benzene rings is 3. The molecule has 0 aromatic heterocycles. The van der Waals surface area contributed by atoms with Crippen LogP contribution in [0.4, 0.5) is 0 Å². The van der Waals surface area contributed by atoms with Gasteiger partial charge in [0.05, 0.1) is 0 Å². The molecule has 142 valence electrons. The van der Waals surface area contributed by atoms with E-state index < -0.39 is 0 Å². The molecular weight excluding hydrogens is 344 g/mol. The summed E-state index contributed by atoms with van der Waals surface area (Å²) in [5.41, 5.74) is 4.51. The van der Waals surface area contributed by atoms with Crippen LogP contribution in [0.2, 0.25) is 0 Å². The van der Waals surface area contributed by atoms with Crippen LogP contribution in [-0.2, 0) is 13.0 Å². The van der Waals surface area contributed by atoms with E-state index in [2.05, 4.69) is 53.1 Å². The smallest absolute Gasteiger partial charge is 0.251 e. The lowest BCUT2D eigenvalue weighted by Gasteiger charge is -2.07. The zero-order valence-electron chi connectivity index (χ0n) is 16.0. The van der Waals surface area contributed by atoms with Gasteiger partial charge in [0.1, 0.15) is 0 Å². The lowest BCUT2D eigenvalue weighted by atomic mass is 10.1. The fraction of sp³-hybridized carbons (Fsp3) is 0.240. The molecule has 1 aliphatic rings. The van der Waals surface area contributed by atoms with Crippen LogP contribution < -0.4 is 10.6 Å². The highest BCUT2D eigenvalue weighted by molar-refractivity contribution is 5.94. The highest BCUT2D eigenvalue weighted by atomic mass is 16.1. The molecule has 0 unspecified atom stereocenters. The first-order chi connectivity index (χ1) is 13.8. The number of rotatable bonds is 8. The lowest BCUT2D eigenvalue weighted by Crippen LogP contribution is -2.22. The molecule has 3 nitrogen and oxygen atoms in total. The second kappa shape index (κ2) is 8.85. The summed E-state index contributed by atoms with van der Waals surface area (Å²) in [6, 6.07) is 29.2. The first-order valence-corrected chi connectivity index (χ1v) is 9.99. The van der Waals surface area contributed by atoms with Crippen LogP contribution in [0.1, 0.15) is 39.4 Å². The normalized spacial score (nSPS) is 17.9. The fourth-order valence-electron chi connectivity index (χ4n) is 3.60. The van der Waals surface area contributed by atoms with Crippen molar-refractivity contribution in [1.82, 2.24) is 10.6 Å². The molecular formula is C25H26N2O. The van der Waals surface area contributed by atoms with Gasteiger partial charge in [-0.25, -0.2) is 0 Å². The molecule has 0 radical (unpaired) electrons. The molecule has 0 saturated heterocycles. The Morgan fingerprint density at radius 3 is 2.14 bits per heavy atom. The van der Waals surface area contributed by atoms with Crippen LogP contribution >= 0.6 is 0 Å². The van der Waals surface area contributed by atoms with E-state index in [0.29, 0.717) is 24.1 Å². The summed E-state index contributed by atoms with van der Waals surface area (Å²) in [6.07, 6.45) is 2.24. The van der Waals surface area contributed by atoms with Crippen LogP contribution in [0, 0.1) is 0 Å². The maximum atomic E-state index is 12.3. The van der Waals surface area contributed by atoms with Crippen molar-refractivity contribution in [2.45, 2.75) is 31.3 Å². The predicted octanol–water partition coefficient (Wildman–Crippen LogP) is 4.30. The van der Waals surface area contributed by atoms with Gasteiger partial charge in [0.25, 0.3) is 5.91 Å². The largest absolute Gasteiger partial charge is 0.348 e. The molecule has 1 aliphatic carbocycles. The summed E-state index contributed by atoms with van der Waals surface area (Å²) < 4.78 is 0. The second-order valence-corrected chi connectivity index (χ2v) is 7.43. The van der Waals surface area contributed by atoms with Crippen LogP contribution in [0.5, 0.6) is 0 Å². The monoisotopic (exact) mass is 370 g/mol. The summed E-state index contributed by atoms with van der Waals surface area (Å²) in [6.45, 7) is 1.56. The van der Waals surface area contributed by atoms with Gasteiger partial charge in [-0.1, -0.05) is 72.8 Å². The SMILES string of the molecule is O=C(NCc1ccccc1)c1ccc([C@@H]2C[C@H]2NCCc2ccccc2)cc1. The average molecular weight is 370 g/mol. The van der Waals surface area contributed by atoms with Gasteiger partial charge in [-0.3, -0.25) is 4.79 Å². The van der Waals surface area contributed by atoms with Crippen LogP contribution in [-0.4, -0.2) is 18.5 Å². The molecule has 0 heterocycles. The van der Waals surface area contributed by atoms with Gasteiger partial charge >= 0.3 is 0 Å². The van der Waals surface area contributed by atoms with E-state index >= 15 is 0 Å². The summed E-state index contributed by atoms with van der Waals surface area (Å²) in [5, 5.41) is 6.63. The maximum absolute atomic E-state index is 12.3. The number of carbonyl (C=O) groups excluding carboxylic acids is 1. The summed E-state index contributed by atoms with van der Waals surface area (Å²) in [4.78, 5) is 12.3. The van der Waals surface area contributed by atoms with Gasteiger partial charge < -0.3 is 10.6 Å². The Hall–Kier alpha value is -2.91. The third-order valence-electron chi connectivity index (χ3n) is 5.35. The molecule has 0 bridgehead atoms. The Labute approximate surface area is 166 Å². The van der Waals surface area contributed by atoms with Crippen LogP contribution in [0.3, 0.4) is 0 Å². The van der Waals surface area contributed by atoms with Crippen molar-refractivity contribution in [2.75, 3.05) is 6.54 Å². The van der Waals surface area contributed by atoms with Crippen molar-refractivity contribution in [1.29, 1.82) is 0 Å². The van der Waals surface area contributed by atoms with Crippen LogP contribution in [0.25, 0.3) is 0 Å². The van der Waals surface area contributed by atoms with Gasteiger partial charge in [0.2, 0.25) is 0 Å². The van der Waals surface area contributed by atoms with Gasteiger partial charge in [0, 0.05) is 24.1 Å². The Kier molecular flexibility index (Phi) is 5.83. The van der Waals surface area contributed by atoms with Crippen molar-refractivity contribution in [3.05, 3.63) is 107 Å². The minimum atomic E-state index is -0.0243. The molecule has 28 heavy (non-hydrogen) atoms. The van der Waals surface area contributed by atoms with Gasteiger partial charge in [0.15, 0.2) is 0 Å². The Morgan fingerprint density at radius 1 is 0.821 bits per heavy atom. The number of nitrogens with one attached hydrogen (secondary N) is 2. The molecule has 1 saturated carbocycles. The third-order valence-corrected chi connectivity index (χ3v) is 5.35. The molecule has 0 aliphatic heterocycles. The van der Waals surface area contributed by atoms with Gasteiger partial charge in [-0.2, -0.15) is 0 Å². The summed E-state index contributed by atoms with van der Waals surface area (Å²) in [7, 11) is 0. The highest BCUT2D eigenvalue weighted by Gasteiger charge is 2.37. The average Bonchev–Trinajstić information content (AvgIpc) is 3.53. The predicted molar refractivity (Wildman–Crippen MR) is 113 cm³/mol. The van der Waals surface area contributed by atoms with Crippen molar-refractivity contribution in [3.8, 4) is 0 Å². The van der Waals surface area contributed by atoms with Crippen LogP contribution in [0.15, 0.2) is 84.9 Å². The molecule has 3 heteroatoms. The van der Waals surface area contributed by atoms with E-state index in [-0.39, 0.29) is 5.91 Å². The number of amides is 1. The Bertz CT molecular complexity index is 891.